The Morgan fingerprint density at radius 1 is 1.32 bits per heavy atom. The molecule has 0 radical (unpaired) electrons. The molecule has 0 amide bonds. The lowest BCUT2D eigenvalue weighted by molar-refractivity contribution is 0.0234. The van der Waals surface area contributed by atoms with Gasteiger partial charge in [0.05, 0.1) is 13.2 Å². The smallest absolute Gasteiger partial charge is 0.119 e. The Morgan fingerprint density at radius 3 is 2.84 bits per heavy atom. The zero-order valence-corrected chi connectivity index (χ0v) is 16.4. The molecule has 1 N–H and O–H groups in total. The number of nitrogens with zero attached hydrogens (tertiary/aromatic N) is 1. The van der Waals surface area contributed by atoms with Crippen LogP contribution in [0.3, 0.4) is 0 Å². The summed E-state index contributed by atoms with van der Waals surface area (Å²) < 4.78 is 11.4. The Hall–Kier alpha value is -0.810. The first-order valence-corrected chi connectivity index (χ1v) is 9.31. The van der Waals surface area contributed by atoms with E-state index in [1.807, 2.05) is 0 Å². The van der Waals surface area contributed by atoms with Gasteiger partial charge in [0, 0.05) is 25.6 Å². The van der Waals surface area contributed by atoms with Crippen LogP contribution in [0.15, 0.2) is 24.3 Å². The van der Waals surface area contributed by atoms with Crippen LogP contribution >= 0.6 is 12.4 Å². The third-order valence-electron chi connectivity index (χ3n) is 5.59. The molecular weight excluding hydrogens is 336 g/mol. The molecule has 25 heavy (non-hydrogen) atoms. The fraction of sp³-hybridized carbons (Fsp3) is 0.700. The summed E-state index contributed by atoms with van der Waals surface area (Å²) in [5.74, 6) is 1.80. The SMILES string of the molecule is CNCC1CCN(CC2(COc3cccc(COC)c3)CCC2)C1.Cl. The number of methoxy groups -OCH3 is 1. The van der Waals surface area contributed by atoms with Crippen molar-refractivity contribution < 1.29 is 9.47 Å². The molecule has 0 bridgehead atoms. The Balaban J connectivity index is 0.00000225. The van der Waals surface area contributed by atoms with Gasteiger partial charge >= 0.3 is 0 Å². The molecule has 3 rings (SSSR count). The highest BCUT2D eigenvalue weighted by molar-refractivity contribution is 5.85. The molecule has 1 aromatic carbocycles. The van der Waals surface area contributed by atoms with Crippen LogP contribution in [0, 0.1) is 11.3 Å². The van der Waals surface area contributed by atoms with Crippen molar-refractivity contribution in [2.24, 2.45) is 11.3 Å². The standard InChI is InChI=1S/C20H32N2O2.ClH/c1-21-12-18-7-10-22(13-18)15-20(8-4-9-20)16-24-19-6-3-5-17(11-19)14-23-2;/h3,5-6,11,18,21H,4,7-10,12-16H2,1-2H3;1H. The second-order valence-corrected chi connectivity index (χ2v) is 7.67. The van der Waals surface area contributed by atoms with Crippen molar-refractivity contribution in [1.29, 1.82) is 0 Å². The van der Waals surface area contributed by atoms with Gasteiger partial charge in [0.2, 0.25) is 0 Å². The van der Waals surface area contributed by atoms with Crippen molar-refractivity contribution in [1.82, 2.24) is 10.2 Å². The minimum Gasteiger partial charge on any atom is -0.493 e. The van der Waals surface area contributed by atoms with E-state index in [0.717, 1.165) is 24.8 Å². The third-order valence-corrected chi connectivity index (χ3v) is 5.59. The Bertz CT molecular complexity index is 522. The second-order valence-electron chi connectivity index (χ2n) is 7.67. The van der Waals surface area contributed by atoms with Gasteiger partial charge in [0.25, 0.3) is 0 Å². The molecule has 1 unspecified atom stereocenters. The fourth-order valence-corrected chi connectivity index (χ4v) is 4.14. The zero-order valence-electron chi connectivity index (χ0n) is 15.6. The largest absolute Gasteiger partial charge is 0.493 e. The zero-order chi connectivity index (χ0) is 16.8. The lowest BCUT2D eigenvalue weighted by atomic mass is 9.69. The van der Waals surface area contributed by atoms with E-state index in [1.54, 1.807) is 7.11 Å². The topological polar surface area (TPSA) is 33.7 Å². The van der Waals surface area contributed by atoms with Crippen LogP contribution in [0.1, 0.15) is 31.2 Å². The average molecular weight is 369 g/mol. The molecule has 1 heterocycles. The Labute approximate surface area is 158 Å². The van der Waals surface area contributed by atoms with Gasteiger partial charge in [-0.25, -0.2) is 0 Å². The molecule has 1 saturated carbocycles. The fourth-order valence-electron chi connectivity index (χ4n) is 4.14. The van der Waals surface area contributed by atoms with Gasteiger partial charge in [0.1, 0.15) is 5.75 Å². The molecule has 1 aromatic rings. The van der Waals surface area contributed by atoms with Crippen LogP contribution in [0.4, 0.5) is 0 Å². The van der Waals surface area contributed by atoms with E-state index in [9.17, 15) is 0 Å². The number of rotatable bonds is 9. The summed E-state index contributed by atoms with van der Waals surface area (Å²) in [5.41, 5.74) is 1.54. The molecule has 4 nitrogen and oxygen atoms in total. The van der Waals surface area contributed by atoms with E-state index < -0.39 is 0 Å². The summed E-state index contributed by atoms with van der Waals surface area (Å²) >= 11 is 0. The maximum atomic E-state index is 6.19. The predicted molar refractivity (Wildman–Crippen MR) is 105 cm³/mol. The number of ether oxygens (including phenoxy) is 2. The van der Waals surface area contributed by atoms with Gasteiger partial charge in [-0.1, -0.05) is 18.6 Å². The first-order chi connectivity index (χ1) is 11.7. The monoisotopic (exact) mass is 368 g/mol. The van der Waals surface area contributed by atoms with E-state index in [2.05, 4.69) is 41.5 Å². The molecule has 2 fully saturated rings. The molecule has 2 aliphatic rings. The molecule has 0 aromatic heterocycles. The summed E-state index contributed by atoms with van der Waals surface area (Å²) in [6, 6.07) is 8.31. The summed E-state index contributed by atoms with van der Waals surface area (Å²) in [5, 5.41) is 3.32. The number of halogens is 1. The summed E-state index contributed by atoms with van der Waals surface area (Å²) in [4.78, 5) is 2.66. The number of likely N-dealkylation sites (tertiary alicyclic amines) is 1. The van der Waals surface area contributed by atoms with Crippen LogP contribution in [-0.2, 0) is 11.3 Å². The first kappa shape index (κ1) is 20.5. The van der Waals surface area contributed by atoms with E-state index in [4.69, 9.17) is 9.47 Å². The maximum Gasteiger partial charge on any atom is 0.119 e. The van der Waals surface area contributed by atoms with Crippen molar-refractivity contribution >= 4 is 12.4 Å². The van der Waals surface area contributed by atoms with E-state index in [-0.39, 0.29) is 12.4 Å². The van der Waals surface area contributed by atoms with Crippen molar-refractivity contribution in [3.8, 4) is 5.75 Å². The van der Waals surface area contributed by atoms with Crippen molar-refractivity contribution in [2.45, 2.75) is 32.3 Å². The van der Waals surface area contributed by atoms with Gasteiger partial charge in [-0.05, 0) is 63.0 Å². The highest BCUT2D eigenvalue weighted by Crippen LogP contribution is 2.42. The van der Waals surface area contributed by atoms with E-state index in [1.165, 1.54) is 50.9 Å². The second kappa shape index (κ2) is 9.77. The summed E-state index contributed by atoms with van der Waals surface area (Å²) in [6.07, 6.45) is 5.29. The Kier molecular flexibility index (Phi) is 8.01. The third kappa shape index (κ3) is 5.58. The summed E-state index contributed by atoms with van der Waals surface area (Å²) in [6.45, 7) is 6.32. The van der Waals surface area contributed by atoms with Crippen molar-refractivity contribution in [3.63, 3.8) is 0 Å². The number of nitrogens with one attached hydrogen (secondary N) is 1. The Morgan fingerprint density at radius 2 is 2.16 bits per heavy atom. The first-order valence-electron chi connectivity index (χ1n) is 9.31. The van der Waals surface area contributed by atoms with Gasteiger partial charge in [0.15, 0.2) is 0 Å². The van der Waals surface area contributed by atoms with Crippen LogP contribution in [0.2, 0.25) is 0 Å². The van der Waals surface area contributed by atoms with Crippen molar-refractivity contribution in [2.75, 3.05) is 46.9 Å². The number of hydrogen-bond donors (Lipinski definition) is 1. The van der Waals surface area contributed by atoms with Crippen LogP contribution in [0.25, 0.3) is 0 Å². The normalized spacial score (nSPS) is 22.2. The number of benzene rings is 1. The molecule has 142 valence electrons. The molecular formula is C20H33ClN2O2. The van der Waals surface area contributed by atoms with Gasteiger partial charge < -0.3 is 19.7 Å². The quantitative estimate of drug-likeness (QED) is 0.724. The number of hydrogen-bond acceptors (Lipinski definition) is 4. The molecule has 0 spiro atoms. The molecule has 1 saturated heterocycles. The van der Waals surface area contributed by atoms with Crippen LogP contribution < -0.4 is 10.1 Å². The van der Waals surface area contributed by atoms with Crippen LogP contribution in [-0.4, -0.2) is 51.8 Å². The lowest BCUT2D eigenvalue weighted by Gasteiger charge is -2.44. The average Bonchev–Trinajstić information content (AvgIpc) is 2.98. The van der Waals surface area contributed by atoms with Gasteiger partial charge in [-0.3, -0.25) is 0 Å². The minimum atomic E-state index is 0. The molecule has 1 aliphatic carbocycles. The molecule has 1 atom stereocenters. The molecule has 1 aliphatic heterocycles. The highest BCUT2D eigenvalue weighted by atomic mass is 35.5. The maximum absolute atomic E-state index is 6.19. The van der Waals surface area contributed by atoms with E-state index >= 15 is 0 Å². The van der Waals surface area contributed by atoms with Crippen molar-refractivity contribution in [3.05, 3.63) is 29.8 Å². The van der Waals surface area contributed by atoms with Gasteiger partial charge in [-0.15, -0.1) is 12.4 Å². The lowest BCUT2D eigenvalue weighted by Crippen LogP contribution is -2.45. The van der Waals surface area contributed by atoms with E-state index in [0.29, 0.717) is 12.0 Å². The highest BCUT2D eigenvalue weighted by Gasteiger charge is 2.40. The van der Waals surface area contributed by atoms with Gasteiger partial charge in [-0.2, -0.15) is 0 Å². The minimum absolute atomic E-state index is 0. The van der Waals surface area contributed by atoms with Crippen LogP contribution in [0.5, 0.6) is 5.75 Å². The summed E-state index contributed by atoms with van der Waals surface area (Å²) in [7, 11) is 3.79. The molecule has 5 heteroatoms. The predicted octanol–water partition coefficient (Wildman–Crippen LogP) is 3.35.